The highest BCUT2D eigenvalue weighted by molar-refractivity contribution is 6.39. The molecule has 2 aliphatic rings. The van der Waals surface area contributed by atoms with Crippen LogP contribution in [0.2, 0.25) is 0 Å². The van der Waals surface area contributed by atoms with E-state index in [2.05, 4.69) is 46.1 Å². The zero-order chi connectivity index (χ0) is 20.1. The van der Waals surface area contributed by atoms with Gasteiger partial charge in [0.1, 0.15) is 17.2 Å². The van der Waals surface area contributed by atoms with E-state index in [-0.39, 0.29) is 5.49 Å². The standard InChI is InChI=1S/C18H25N10/c1-28(2,3)11-4-6-26(10-11)17-13(20)8-12(19)16(25-17)23-14-9-22-27-7-5-15(21)24-18(14)27/h5,7-9,11,21H,4,6,10,19-20H2,1-3H3/q+1. The van der Waals surface area contributed by atoms with Crippen LogP contribution < -0.4 is 21.9 Å². The monoisotopic (exact) mass is 381 g/mol. The van der Waals surface area contributed by atoms with Crippen molar-refractivity contribution in [2.75, 3.05) is 50.6 Å². The van der Waals surface area contributed by atoms with Crippen molar-refractivity contribution in [3.63, 3.8) is 0 Å². The molecule has 5 N–H and O–H groups in total. The van der Waals surface area contributed by atoms with Crippen LogP contribution in [-0.2, 0) is 0 Å². The molecule has 0 aliphatic carbocycles. The minimum absolute atomic E-state index is 0.145. The van der Waals surface area contributed by atoms with Crippen molar-refractivity contribution < 1.29 is 4.48 Å². The van der Waals surface area contributed by atoms with Gasteiger partial charge in [0.25, 0.3) is 0 Å². The molecule has 146 valence electrons. The van der Waals surface area contributed by atoms with Crippen LogP contribution in [0.3, 0.4) is 0 Å². The summed E-state index contributed by atoms with van der Waals surface area (Å²) in [6.07, 6.45) is 4.33. The van der Waals surface area contributed by atoms with Gasteiger partial charge < -0.3 is 20.9 Å². The number of anilines is 3. The number of aromatic nitrogens is 3. The van der Waals surface area contributed by atoms with Crippen molar-refractivity contribution in [2.45, 2.75) is 12.5 Å². The Morgan fingerprint density at radius 1 is 1.21 bits per heavy atom. The Balaban J connectivity index is 1.69. The predicted molar refractivity (Wildman–Crippen MR) is 110 cm³/mol. The van der Waals surface area contributed by atoms with Gasteiger partial charge in [-0.3, -0.25) is 5.41 Å². The fourth-order valence-corrected chi connectivity index (χ4v) is 3.49. The number of fused-ring (bicyclic) bond motifs is 1. The molecule has 0 amide bonds. The van der Waals surface area contributed by atoms with Crippen molar-refractivity contribution in [1.29, 1.82) is 5.41 Å². The zero-order valence-corrected chi connectivity index (χ0v) is 16.3. The molecule has 0 saturated carbocycles. The Labute approximate surface area is 162 Å². The highest BCUT2D eigenvalue weighted by Gasteiger charge is 2.33. The Morgan fingerprint density at radius 2 is 2.00 bits per heavy atom. The number of pyridine rings is 1. The molecule has 28 heavy (non-hydrogen) atoms. The molecule has 0 bridgehead atoms. The van der Waals surface area contributed by atoms with Gasteiger partial charge in [-0.2, -0.15) is 5.10 Å². The Kier molecular flexibility index (Phi) is 4.15. The third-order valence-electron chi connectivity index (χ3n) is 5.17. The molecule has 0 spiro atoms. The Bertz CT molecular complexity index is 1040. The van der Waals surface area contributed by atoms with Crippen LogP contribution in [0, 0.1) is 5.41 Å². The number of nitrogens with zero attached hydrogens (tertiary/aromatic N) is 7. The normalized spacial score (nSPS) is 20.2. The second-order valence-electron chi connectivity index (χ2n) is 8.04. The van der Waals surface area contributed by atoms with Gasteiger partial charge in [-0.1, -0.05) is 0 Å². The predicted octanol–water partition coefficient (Wildman–Crippen LogP) is 0.175. The number of quaternary nitrogens is 1. The van der Waals surface area contributed by atoms with E-state index in [0.29, 0.717) is 40.6 Å². The molecule has 2 aliphatic heterocycles. The molecule has 0 aromatic carbocycles. The van der Waals surface area contributed by atoms with Crippen molar-refractivity contribution in [2.24, 2.45) is 10.1 Å². The summed E-state index contributed by atoms with van der Waals surface area (Å²) >= 11 is 0. The van der Waals surface area contributed by atoms with Gasteiger partial charge in [-0.05, 0) is 6.07 Å². The van der Waals surface area contributed by atoms with Crippen molar-refractivity contribution in [1.82, 2.24) is 14.6 Å². The quantitative estimate of drug-likeness (QED) is 0.652. The molecule has 4 heterocycles. The van der Waals surface area contributed by atoms with Gasteiger partial charge in [0.05, 0.1) is 45.3 Å². The van der Waals surface area contributed by atoms with Gasteiger partial charge in [-0.15, -0.1) is 0 Å². The summed E-state index contributed by atoms with van der Waals surface area (Å²) in [5.41, 5.74) is 14.0. The van der Waals surface area contributed by atoms with Crippen molar-refractivity contribution in [3.8, 4) is 0 Å². The maximum absolute atomic E-state index is 7.72. The highest BCUT2D eigenvalue weighted by atomic mass is 15.4. The van der Waals surface area contributed by atoms with Gasteiger partial charge in [0.2, 0.25) is 0 Å². The Morgan fingerprint density at radius 3 is 2.71 bits per heavy atom. The van der Waals surface area contributed by atoms with Gasteiger partial charge in [-0.25, -0.2) is 19.6 Å². The summed E-state index contributed by atoms with van der Waals surface area (Å²) in [6.45, 7) is 1.77. The largest absolute Gasteiger partial charge is 0.396 e. The molecule has 1 fully saturated rings. The third-order valence-corrected chi connectivity index (χ3v) is 5.17. The first-order valence-corrected chi connectivity index (χ1v) is 9.12. The lowest BCUT2D eigenvalue weighted by molar-refractivity contribution is -0.893. The second kappa shape index (κ2) is 6.41. The van der Waals surface area contributed by atoms with E-state index in [1.54, 1.807) is 29.2 Å². The van der Waals surface area contributed by atoms with Gasteiger partial charge in [0, 0.05) is 25.2 Å². The summed E-state index contributed by atoms with van der Waals surface area (Å²) in [5, 5.41) is 11.9. The average Bonchev–Trinajstić information content (AvgIpc) is 3.24. The van der Waals surface area contributed by atoms with Crippen LogP contribution in [0.15, 0.2) is 28.4 Å². The summed E-state index contributed by atoms with van der Waals surface area (Å²) in [6, 6.07) is 3.78. The van der Waals surface area contributed by atoms with Crippen LogP contribution in [0.1, 0.15) is 12.2 Å². The number of nitrogens with two attached hydrogens (primary N) is 2. The Hall–Kier alpha value is -3.27. The molecule has 1 unspecified atom stereocenters. The van der Waals surface area contributed by atoms with Crippen LogP contribution in [0.25, 0.3) is 0 Å². The molecule has 1 saturated heterocycles. The minimum atomic E-state index is 0.145. The van der Waals surface area contributed by atoms with E-state index in [4.69, 9.17) is 16.9 Å². The summed E-state index contributed by atoms with van der Waals surface area (Å²) in [4.78, 5) is 15.6. The van der Waals surface area contributed by atoms with E-state index in [1.165, 1.54) is 0 Å². The number of nitrogen functional groups attached to an aromatic ring is 2. The van der Waals surface area contributed by atoms with Crippen molar-refractivity contribution >= 4 is 34.9 Å². The van der Waals surface area contributed by atoms with Gasteiger partial charge in [0.15, 0.2) is 17.5 Å². The molecule has 2 aromatic rings. The molecule has 1 atom stereocenters. The average molecular weight is 381 g/mol. The third kappa shape index (κ3) is 3.22. The topological polar surface area (TPSA) is 135 Å². The maximum Gasteiger partial charge on any atom is 0.183 e. The highest BCUT2D eigenvalue weighted by Crippen LogP contribution is 2.33. The molecule has 0 radical (unpaired) electrons. The maximum atomic E-state index is 7.72. The first-order valence-electron chi connectivity index (χ1n) is 9.12. The summed E-state index contributed by atoms with van der Waals surface area (Å²) in [7, 11) is 6.61. The first-order chi connectivity index (χ1) is 13.2. The minimum Gasteiger partial charge on any atom is -0.396 e. The van der Waals surface area contributed by atoms with E-state index >= 15 is 0 Å². The number of nitrogens with one attached hydrogen (secondary N) is 1. The molecule has 10 heteroatoms. The lowest BCUT2D eigenvalue weighted by Crippen LogP contribution is -2.46. The van der Waals surface area contributed by atoms with Crippen LogP contribution >= 0.6 is 0 Å². The first kappa shape index (κ1) is 18.1. The van der Waals surface area contributed by atoms with Crippen molar-refractivity contribution in [3.05, 3.63) is 29.6 Å². The number of hydrogen-bond acceptors (Lipinski definition) is 8. The van der Waals surface area contributed by atoms with E-state index in [0.717, 1.165) is 24.0 Å². The van der Waals surface area contributed by atoms with E-state index in [1.807, 2.05) is 0 Å². The molecular weight excluding hydrogens is 356 g/mol. The van der Waals surface area contributed by atoms with E-state index < -0.39 is 0 Å². The number of hydrogen-bond donors (Lipinski definition) is 3. The SMILES string of the molecule is C[N+](C)(C)C1CCN(c2nc(N=C3C=Nn4ccc(=N)nc43)c(N)cc2N)C1. The number of aliphatic imine (C=N–C) groups is 1. The zero-order valence-electron chi connectivity index (χ0n) is 16.3. The second-order valence-corrected chi connectivity index (χ2v) is 8.04. The summed E-state index contributed by atoms with van der Waals surface area (Å²) < 4.78 is 2.46. The van der Waals surface area contributed by atoms with Crippen LogP contribution in [0.5, 0.6) is 0 Å². The van der Waals surface area contributed by atoms with Crippen LogP contribution in [0.4, 0.5) is 23.0 Å². The molecule has 4 rings (SSSR count). The van der Waals surface area contributed by atoms with E-state index in [9.17, 15) is 0 Å². The summed E-state index contributed by atoms with van der Waals surface area (Å²) in [5.74, 6) is 1.57. The molecule has 10 nitrogen and oxygen atoms in total. The molecular formula is C18H25N10+. The molecule has 2 aromatic heterocycles. The lowest BCUT2D eigenvalue weighted by Gasteiger charge is -2.31. The lowest BCUT2D eigenvalue weighted by atomic mass is 10.2. The number of rotatable bonds is 3. The fraction of sp³-hybridized carbons (Fsp3) is 0.389. The van der Waals surface area contributed by atoms with Gasteiger partial charge >= 0.3 is 0 Å². The smallest absolute Gasteiger partial charge is 0.183 e. The fourth-order valence-electron chi connectivity index (χ4n) is 3.49. The van der Waals surface area contributed by atoms with Crippen LogP contribution in [-0.4, -0.2) is 71.3 Å². The number of likely N-dealkylation sites (N-methyl/N-ethyl adjacent to an activating group) is 1.